The molecule has 1 aliphatic rings. The summed E-state index contributed by atoms with van der Waals surface area (Å²) in [5, 5.41) is 6.12. The summed E-state index contributed by atoms with van der Waals surface area (Å²) in [4.78, 5) is 8.02. The molecule has 1 aliphatic heterocycles. The van der Waals surface area contributed by atoms with Gasteiger partial charge in [0.1, 0.15) is 5.15 Å². The van der Waals surface area contributed by atoms with Gasteiger partial charge in [-0.2, -0.15) is 0 Å². The van der Waals surface area contributed by atoms with Crippen LogP contribution in [-0.2, 0) is 13.0 Å². The third-order valence-electron chi connectivity index (χ3n) is 3.37. The van der Waals surface area contributed by atoms with Gasteiger partial charge in [0.15, 0.2) is 0 Å². The van der Waals surface area contributed by atoms with Crippen molar-refractivity contribution in [1.29, 1.82) is 0 Å². The molecule has 0 aliphatic carbocycles. The van der Waals surface area contributed by atoms with Gasteiger partial charge in [0.25, 0.3) is 0 Å². The van der Waals surface area contributed by atoms with Gasteiger partial charge in [0.2, 0.25) is 0 Å². The Hall–Kier alpha value is -1.10. The highest BCUT2D eigenvalue weighted by Gasteiger charge is 2.16. The Morgan fingerprint density at radius 3 is 3.26 bits per heavy atom. The number of thiophene rings is 1. The van der Waals surface area contributed by atoms with Gasteiger partial charge in [-0.05, 0) is 35.6 Å². The molecule has 2 aromatic heterocycles. The number of rotatable bonds is 4. The van der Waals surface area contributed by atoms with Gasteiger partial charge in [-0.1, -0.05) is 11.6 Å². The summed E-state index contributed by atoms with van der Waals surface area (Å²) < 4.78 is 0. The third kappa shape index (κ3) is 3.26. The van der Waals surface area contributed by atoms with Gasteiger partial charge in [0, 0.05) is 42.9 Å². The SMILES string of the molecule is Clc1cc(NCCN2CCc3sccc3C2)ccn1. The topological polar surface area (TPSA) is 28.2 Å². The average molecular weight is 294 g/mol. The fourth-order valence-corrected chi connectivity index (χ4v) is 3.43. The molecule has 5 heteroatoms. The van der Waals surface area contributed by atoms with Crippen LogP contribution in [-0.4, -0.2) is 29.5 Å². The fraction of sp³-hybridized carbons (Fsp3) is 0.357. The van der Waals surface area contributed by atoms with Crippen LogP contribution in [0.5, 0.6) is 0 Å². The van der Waals surface area contributed by atoms with Gasteiger partial charge < -0.3 is 5.32 Å². The first kappa shape index (κ1) is 12.9. The molecule has 0 saturated heterocycles. The van der Waals surface area contributed by atoms with Crippen LogP contribution in [0.2, 0.25) is 5.15 Å². The molecule has 3 heterocycles. The Morgan fingerprint density at radius 1 is 1.42 bits per heavy atom. The lowest BCUT2D eigenvalue weighted by Crippen LogP contribution is -2.33. The quantitative estimate of drug-likeness (QED) is 0.877. The lowest BCUT2D eigenvalue weighted by molar-refractivity contribution is 0.266. The third-order valence-corrected chi connectivity index (χ3v) is 4.60. The van der Waals surface area contributed by atoms with Crippen LogP contribution in [0.3, 0.4) is 0 Å². The molecule has 0 spiro atoms. The highest BCUT2D eigenvalue weighted by atomic mass is 35.5. The van der Waals surface area contributed by atoms with Crippen LogP contribution in [0.4, 0.5) is 5.69 Å². The summed E-state index contributed by atoms with van der Waals surface area (Å²) in [7, 11) is 0. The van der Waals surface area contributed by atoms with E-state index >= 15 is 0 Å². The first-order chi connectivity index (χ1) is 9.31. The van der Waals surface area contributed by atoms with Crippen LogP contribution in [0.25, 0.3) is 0 Å². The number of aromatic nitrogens is 1. The second-order valence-corrected chi connectivity index (χ2v) is 6.08. The van der Waals surface area contributed by atoms with Crippen molar-refractivity contribution in [2.75, 3.05) is 25.0 Å². The van der Waals surface area contributed by atoms with E-state index in [4.69, 9.17) is 11.6 Å². The number of anilines is 1. The van der Waals surface area contributed by atoms with Gasteiger partial charge in [-0.15, -0.1) is 11.3 Å². The van der Waals surface area contributed by atoms with E-state index in [1.807, 2.05) is 23.5 Å². The number of pyridine rings is 1. The molecule has 0 radical (unpaired) electrons. The van der Waals surface area contributed by atoms with E-state index in [1.165, 1.54) is 12.0 Å². The molecular formula is C14H16ClN3S. The largest absolute Gasteiger partial charge is 0.384 e. The molecule has 0 fully saturated rings. The van der Waals surface area contributed by atoms with Crippen molar-refractivity contribution in [3.63, 3.8) is 0 Å². The van der Waals surface area contributed by atoms with Crippen LogP contribution >= 0.6 is 22.9 Å². The summed E-state index contributed by atoms with van der Waals surface area (Å²) in [6.45, 7) is 4.22. The molecule has 1 N–H and O–H groups in total. The summed E-state index contributed by atoms with van der Waals surface area (Å²) in [5.41, 5.74) is 2.54. The Bertz CT molecular complexity index is 555. The molecule has 0 unspecified atom stereocenters. The summed E-state index contributed by atoms with van der Waals surface area (Å²) >= 11 is 7.74. The van der Waals surface area contributed by atoms with Crippen molar-refractivity contribution in [3.05, 3.63) is 45.4 Å². The molecule has 100 valence electrons. The molecule has 0 aromatic carbocycles. The molecular weight excluding hydrogens is 278 g/mol. The van der Waals surface area contributed by atoms with E-state index in [0.717, 1.165) is 31.9 Å². The molecule has 0 saturated carbocycles. The Kier molecular flexibility index (Phi) is 4.01. The summed E-state index contributed by atoms with van der Waals surface area (Å²) in [6, 6.07) is 6.05. The van der Waals surface area contributed by atoms with Gasteiger partial charge in [0.05, 0.1) is 0 Å². The molecule has 2 aromatic rings. The predicted molar refractivity (Wildman–Crippen MR) is 81.0 cm³/mol. The average Bonchev–Trinajstić information content (AvgIpc) is 2.86. The Labute approximate surface area is 122 Å². The smallest absolute Gasteiger partial charge is 0.131 e. The van der Waals surface area contributed by atoms with Crippen molar-refractivity contribution in [3.8, 4) is 0 Å². The highest BCUT2D eigenvalue weighted by Crippen LogP contribution is 2.23. The van der Waals surface area contributed by atoms with Crippen molar-refractivity contribution in [2.24, 2.45) is 0 Å². The molecule has 19 heavy (non-hydrogen) atoms. The van der Waals surface area contributed by atoms with Gasteiger partial charge in [-0.3, -0.25) is 4.90 Å². The lowest BCUT2D eigenvalue weighted by atomic mass is 10.1. The second-order valence-electron chi connectivity index (χ2n) is 4.69. The minimum Gasteiger partial charge on any atom is -0.384 e. The molecule has 3 nitrogen and oxygen atoms in total. The summed E-state index contributed by atoms with van der Waals surface area (Å²) in [6.07, 6.45) is 2.91. The fourth-order valence-electron chi connectivity index (χ4n) is 2.37. The van der Waals surface area contributed by atoms with E-state index in [9.17, 15) is 0 Å². The number of hydrogen-bond acceptors (Lipinski definition) is 4. The Balaban J connectivity index is 1.49. The Morgan fingerprint density at radius 2 is 2.37 bits per heavy atom. The van der Waals surface area contributed by atoms with E-state index < -0.39 is 0 Å². The van der Waals surface area contributed by atoms with E-state index in [1.54, 1.807) is 11.1 Å². The van der Waals surface area contributed by atoms with Gasteiger partial charge >= 0.3 is 0 Å². The first-order valence-electron chi connectivity index (χ1n) is 6.44. The van der Waals surface area contributed by atoms with Crippen molar-refractivity contribution < 1.29 is 0 Å². The first-order valence-corrected chi connectivity index (χ1v) is 7.70. The van der Waals surface area contributed by atoms with Crippen LogP contribution in [0.1, 0.15) is 10.4 Å². The maximum atomic E-state index is 5.86. The molecule has 0 atom stereocenters. The van der Waals surface area contributed by atoms with Crippen LogP contribution < -0.4 is 5.32 Å². The standard InChI is InChI=1S/C14H16ClN3S/c15-14-9-12(1-4-17-14)16-5-7-18-6-2-13-11(10-18)3-8-19-13/h1,3-4,8-9H,2,5-7,10H2,(H,16,17). The molecule has 3 rings (SSSR count). The number of hydrogen-bond donors (Lipinski definition) is 1. The maximum absolute atomic E-state index is 5.86. The number of halogens is 1. The lowest BCUT2D eigenvalue weighted by Gasteiger charge is -2.26. The predicted octanol–water partition coefficient (Wildman–Crippen LogP) is 3.27. The molecule has 0 bridgehead atoms. The minimum absolute atomic E-state index is 0.533. The van der Waals surface area contributed by atoms with Crippen LogP contribution in [0, 0.1) is 0 Å². The van der Waals surface area contributed by atoms with Crippen molar-refractivity contribution in [1.82, 2.24) is 9.88 Å². The van der Waals surface area contributed by atoms with E-state index in [0.29, 0.717) is 5.15 Å². The number of nitrogens with zero attached hydrogens (tertiary/aromatic N) is 2. The maximum Gasteiger partial charge on any atom is 0.131 e. The number of nitrogens with one attached hydrogen (secondary N) is 1. The van der Waals surface area contributed by atoms with Crippen molar-refractivity contribution in [2.45, 2.75) is 13.0 Å². The van der Waals surface area contributed by atoms with Crippen molar-refractivity contribution >= 4 is 28.6 Å². The molecule has 0 amide bonds. The normalized spacial score (nSPS) is 15.2. The summed E-state index contributed by atoms with van der Waals surface area (Å²) in [5.74, 6) is 0. The highest BCUT2D eigenvalue weighted by molar-refractivity contribution is 7.10. The van der Waals surface area contributed by atoms with Gasteiger partial charge in [-0.25, -0.2) is 4.98 Å². The van der Waals surface area contributed by atoms with E-state index in [-0.39, 0.29) is 0 Å². The van der Waals surface area contributed by atoms with Crippen LogP contribution in [0.15, 0.2) is 29.8 Å². The zero-order chi connectivity index (χ0) is 13.1. The zero-order valence-corrected chi connectivity index (χ0v) is 12.2. The minimum atomic E-state index is 0.533. The zero-order valence-electron chi connectivity index (χ0n) is 10.6. The number of fused-ring (bicyclic) bond motifs is 1. The monoisotopic (exact) mass is 293 g/mol. The second kappa shape index (κ2) is 5.90. The van der Waals surface area contributed by atoms with E-state index in [2.05, 4.69) is 26.6 Å².